The summed E-state index contributed by atoms with van der Waals surface area (Å²) >= 11 is 1.42. The van der Waals surface area contributed by atoms with Crippen molar-refractivity contribution in [3.8, 4) is 0 Å². The van der Waals surface area contributed by atoms with Crippen molar-refractivity contribution in [3.63, 3.8) is 0 Å². The molecule has 2 heterocycles. The van der Waals surface area contributed by atoms with Crippen LogP contribution in [0.1, 0.15) is 17.3 Å². The second kappa shape index (κ2) is 7.76. The number of hydrazone groups is 1. The van der Waals surface area contributed by atoms with E-state index in [1.165, 1.54) is 22.8 Å². The van der Waals surface area contributed by atoms with Gasteiger partial charge in [-0.05, 0) is 17.7 Å². The van der Waals surface area contributed by atoms with Crippen molar-refractivity contribution in [2.24, 2.45) is 10.1 Å². The number of hydrogen-bond donors (Lipinski definition) is 1. The summed E-state index contributed by atoms with van der Waals surface area (Å²) in [5.41, 5.74) is 1.86. The summed E-state index contributed by atoms with van der Waals surface area (Å²) in [4.78, 5) is 17.8. The molecule has 1 atom stereocenters. The predicted octanol–water partition coefficient (Wildman–Crippen LogP) is 2.90. The molecule has 1 amide bonds. The van der Waals surface area contributed by atoms with Crippen molar-refractivity contribution >= 4 is 28.5 Å². The number of halogens is 1. The molecule has 148 valence electrons. The van der Waals surface area contributed by atoms with E-state index in [1.54, 1.807) is 18.2 Å². The van der Waals surface area contributed by atoms with Crippen molar-refractivity contribution in [2.75, 3.05) is 0 Å². The average molecular weight is 416 g/mol. The number of rotatable bonds is 3. The van der Waals surface area contributed by atoms with Gasteiger partial charge in [0.15, 0.2) is 11.3 Å². The largest absolute Gasteiger partial charge is 0.298 e. The van der Waals surface area contributed by atoms with Gasteiger partial charge in [-0.25, -0.2) is 9.40 Å². The zero-order valence-electron chi connectivity index (χ0n) is 15.8. The molecule has 30 heavy (non-hydrogen) atoms. The molecule has 0 fully saturated rings. The number of nitrogens with zero attached hydrogens (tertiary/aromatic N) is 3. The minimum absolute atomic E-state index is 0.274. The van der Waals surface area contributed by atoms with E-state index in [2.05, 4.69) is 10.4 Å². The Morgan fingerprint density at radius 2 is 1.70 bits per heavy atom. The minimum Gasteiger partial charge on any atom is -0.298 e. The lowest BCUT2D eigenvalue weighted by Gasteiger charge is -2.34. The van der Waals surface area contributed by atoms with Gasteiger partial charge in [0.1, 0.15) is 11.5 Å². The average Bonchev–Trinajstić information content (AvgIpc) is 2.78. The molecular weight excluding hydrogens is 399 g/mol. The second-order valence-corrected chi connectivity index (χ2v) is 7.83. The van der Waals surface area contributed by atoms with Crippen LogP contribution >= 0.6 is 11.8 Å². The third-order valence-corrected chi connectivity index (χ3v) is 5.85. The SMILES string of the molecule is O=C1NC(SCc2ccccc2)=NN2C1=c1ccccc1=N[C@H]2c1ccccc1F. The van der Waals surface area contributed by atoms with Crippen LogP contribution in [0.2, 0.25) is 0 Å². The molecular formula is C23H17FN4OS. The van der Waals surface area contributed by atoms with Gasteiger partial charge >= 0.3 is 0 Å². The molecule has 3 aromatic rings. The number of carbonyl (C=O) groups excluding carboxylic acids is 1. The number of thioether (sulfide) groups is 1. The van der Waals surface area contributed by atoms with E-state index in [1.807, 2.05) is 54.6 Å². The van der Waals surface area contributed by atoms with Crippen molar-refractivity contribution in [1.29, 1.82) is 0 Å². The zero-order chi connectivity index (χ0) is 20.5. The number of nitrogens with one attached hydrogen (secondary N) is 1. The van der Waals surface area contributed by atoms with Gasteiger partial charge < -0.3 is 0 Å². The smallest absolute Gasteiger partial charge is 0.276 e. The highest BCUT2D eigenvalue weighted by atomic mass is 32.2. The first-order valence-electron chi connectivity index (χ1n) is 9.48. The van der Waals surface area contributed by atoms with Gasteiger partial charge in [-0.15, -0.1) is 5.10 Å². The quantitative estimate of drug-likeness (QED) is 0.714. The number of fused-ring (bicyclic) bond motifs is 2. The van der Waals surface area contributed by atoms with E-state index in [0.29, 0.717) is 32.8 Å². The first-order chi connectivity index (χ1) is 14.7. The Bertz CT molecular complexity index is 1280. The Balaban J connectivity index is 1.59. The van der Waals surface area contributed by atoms with Crippen LogP contribution in [0.3, 0.4) is 0 Å². The summed E-state index contributed by atoms with van der Waals surface area (Å²) in [5.74, 6) is -0.00443. The maximum atomic E-state index is 14.6. The molecule has 5 rings (SSSR count). The molecule has 0 spiro atoms. The normalized spacial score (nSPS) is 17.4. The summed E-state index contributed by atoms with van der Waals surface area (Å²) in [6, 6.07) is 23.7. The van der Waals surface area contributed by atoms with E-state index < -0.39 is 6.17 Å². The van der Waals surface area contributed by atoms with E-state index >= 15 is 0 Å². The summed E-state index contributed by atoms with van der Waals surface area (Å²) in [6.07, 6.45) is -0.755. The summed E-state index contributed by atoms with van der Waals surface area (Å²) in [7, 11) is 0. The molecule has 2 aliphatic rings. The van der Waals surface area contributed by atoms with Gasteiger partial charge in [0.2, 0.25) is 0 Å². The molecule has 5 nitrogen and oxygen atoms in total. The summed E-state index contributed by atoms with van der Waals surface area (Å²) in [6.45, 7) is 0. The number of carbonyl (C=O) groups is 1. The van der Waals surface area contributed by atoms with Crippen LogP contribution in [-0.2, 0) is 10.5 Å². The third kappa shape index (κ3) is 3.37. The van der Waals surface area contributed by atoms with Gasteiger partial charge in [0.05, 0.1) is 5.36 Å². The van der Waals surface area contributed by atoms with Gasteiger partial charge in [0, 0.05) is 16.5 Å². The van der Waals surface area contributed by atoms with Crippen LogP contribution in [0, 0.1) is 5.82 Å². The molecule has 7 heteroatoms. The van der Waals surface area contributed by atoms with Crippen molar-refractivity contribution < 1.29 is 9.18 Å². The second-order valence-electron chi connectivity index (χ2n) is 6.87. The minimum atomic E-state index is -0.755. The first-order valence-corrected chi connectivity index (χ1v) is 10.5. The first kappa shape index (κ1) is 18.6. The third-order valence-electron chi connectivity index (χ3n) is 4.92. The van der Waals surface area contributed by atoms with Crippen molar-refractivity contribution in [1.82, 2.24) is 10.3 Å². The molecule has 0 bridgehead atoms. The number of amides is 1. The Morgan fingerprint density at radius 1 is 0.967 bits per heavy atom. The maximum Gasteiger partial charge on any atom is 0.276 e. The Morgan fingerprint density at radius 3 is 2.53 bits per heavy atom. The fraction of sp³-hybridized carbons (Fsp3) is 0.0870. The van der Waals surface area contributed by atoms with Crippen LogP contribution in [0.5, 0.6) is 0 Å². The number of para-hydroxylation sites is 1. The highest BCUT2D eigenvalue weighted by molar-refractivity contribution is 8.13. The molecule has 0 radical (unpaired) electrons. The fourth-order valence-corrected chi connectivity index (χ4v) is 4.31. The molecule has 0 unspecified atom stereocenters. The van der Waals surface area contributed by atoms with Crippen LogP contribution in [0.25, 0.3) is 5.70 Å². The molecule has 2 aliphatic heterocycles. The molecule has 0 aromatic heterocycles. The van der Waals surface area contributed by atoms with Crippen LogP contribution in [0.15, 0.2) is 89.0 Å². The highest BCUT2D eigenvalue weighted by Gasteiger charge is 2.35. The Kier molecular flexibility index (Phi) is 4.80. The molecule has 3 aromatic carbocycles. The van der Waals surface area contributed by atoms with Crippen LogP contribution in [-0.4, -0.2) is 16.1 Å². The summed E-state index contributed by atoms with van der Waals surface area (Å²) in [5, 5.41) is 10.8. The van der Waals surface area contributed by atoms with Crippen LogP contribution in [0.4, 0.5) is 4.39 Å². The fourth-order valence-electron chi connectivity index (χ4n) is 3.51. The van der Waals surface area contributed by atoms with Gasteiger partial charge in [-0.1, -0.05) is 78.5 Å². The van der Waals surface area contributed by atoms with Gasteiger partial charge in [-0.2, -0.15) is 0 Å². The van der Waals surface area contributed by atoms with Crippen LogP contribution < -0.4 is 15.9 Å². The van der Waals surface area contributed by atoms with Gasteiger partial charge in [-0.3, -0.25) is 15.1 Å². The lowest BCUT2D eigenvalue weighted by atomic mass is 10.1. The maximum absolute atomic E-state index is 14.6. The molecule has 0 saturated heterocycles. The lowest BCUT2D eigenvalue weighted by Crippen LogP contribution is -2.50. The molecule has 0 saturated carbocycles. The standard InChI is InChI=1S/C23H17FN4OS/c24-18-12-6-4-10-16(18)21-25-19-13-7-5-11-17(19)20-22(29)26-23(27-28(20)21)30-14-15-8-2-1-3-9-15/h1-13,21H,14H2,(H,26,27,29)/t21-/m1/s1. The van der Waals surface area contributed by atoms with E-state index in [4.69, 9.17) is 4.99 Å². The lowest BCUT2D eigenvalue weighted by molar-refractivity contribution is -0.116. The van der Waals surface area contributed by atoms with E-state index in [-0.39, 0.29) is 11.7 Å². The zero-order valence-corrected chi connectivity index (χ0v) is 16.6. The van der Waals surface area contributed by atoms with E-state index in [0.717, 1.165) is 5.56 Å². The van der Waals surface area contributed by atoms with Crippen molar-refractivity contribution in [3.05, 3.63) is 106 Å². The number of benzene rings is 3. The summed E-state index contributed by atoms with van der Waals surface area (Å²) < 4.78 is 14.6. The Hall–Kier alpha value is -3.45. The highest BCUT2D eigenvalue weighted by Crippen LogP contribution is 2.32. The molecule has 0 aliphatic carbocycles. The molecule has 1 N–H and O–H groups in total. The van der Waals surface area contributed by atoms with Gasteiger partial charge in [0.25, 0.3) is 5.91 Å². The Labute approximate surface area is 176 Å². The number of hydrogen-bond acceptors (Lipinski definition) is 5. The topological polar surface area (TPSA) is 57.1 Å². The number of amidine groups is 1. The van der Waals surface area contributed by atoms with Crippen molar-refractivity contribution in [2.45, 2.75) is 11.9 Å². The monoisotopic (exact) mass is 416 g/mol. The predicted molar refractivity (Wildman–Crippen MR) is 115 cm³/mol. The van der Waals surface area contributed by atoms with E-state index in [9.17, 15) is 9.18 Å².